The minimum atomic E-state index is 0.695. The number of hydrogen-bond donors (Lipinski definition) is 1. The molecule has 24 heavy (non-hydrogen) atoms. The maximum absolute atomic E-state index is 5.88. The third-order valence-electron chi connectivity index (χ3n) is 4.72. The molecule has 2 aromatic rings. The molecule has 0 radical (unpaired) electrons. The van der Waals surface area contributed by atoms with E-state index in [0.29, 0.717) is 6.54 Å². The Hall–Kier alpha value is -1.84. The normalized spacial score (nSPS) is 14.9. The number of ether oxygens (including phenoxy) is 1. The second-order valence-electron chi connectivity index (χ2n) is 6.53. The molecule has 3 rings (SSSR count). The van der Waals surface area contributed by atoms with Crippen LogP contribution >= 0.6 is 0 Å². The van der Waals surface area contributed by atoms with Gasteiger partial charge in [0.15, 0.2) is 0 Å². The Labute approximate surface area is 145 Å². The lowest BCUT2D eigenvalue weighted by Crippen LogP contribution is -2.25. The van der Waals surface area contributed by atoms with Crippen molar-refractivity contribution in [3.63, 3.8) is 0 Å². The highest BCUT2D eigenvalue weighted by atomic mass is 16.5. The van der Waals surface area contributed by atoms with Crippen molar-refractivity contribution >= 4 is 0 Å². The lowest BCUT2D eigenvalue weighted by atomic mass is 9.98. The molecule has 0 spiro atoms. The van der Waals surface area contributed by atoms with Crippen LogP contribution in [0.5, 0.6) is 5.75 Å². The molecule has 128 valence electrons. The summed E-state index contributed by atoms with van der Waals surface area (Å²) in [5, 5.41) is 0. The van der Waals surface area contributed by atoms with Gasteiger partial charge in [0.05, 0.1) is 0 Å². The van der Waals surface area contributed by atoms with Crippen LogP contribution in [0.25, 0.3) is 0 Å². The number of hydrogen-bond acceptors (Lipinski definition) is 3. The number of nitrogens with zero attached hydrogens (tertiary/aromatic N) is 1. The summed E-state index contributed by atoms with van der Waals surface area (Å²) in [4.78, 5) is 2.47. The number of benzene rings is 2. The zero-order valence-corrected chi connectivity index (χ0v) is 14.4. The van der Waals surface area contributed by atoms with Gasteiger partial charge in [0.1, 0.15) is 12.4 Å². The highest BCUT2D eigenvalue weighted by molar-refractivity contribution is 5.35. The summed E-state index contributed by atoms with van der Waals surface area (Å²) in [6.45, 7) is 4.96. The van der Waals surface area contributed by atoms with Gasteiger partial charge >= 0.3 is 0 Å². The first-order valence-corrected chi connectivity index (χ1v) is 9.06. The van der Waals surface area contributed by atoms with Crippen LogP contribution in [0, 0.1) is 0 Å². The summed E-state index contributed by atoms with van der Waals surface area (Å²) in [5.74, 6) is 0.966. The van der Waals surface area contributed by atoms with E-state index in [1.54, 1.807) is 0 Å². The van der Waals surface area contributed by atoms with Crippen LogP contribution in [0.3, 0.4) is 0 Å². The maximum atomic E-state index is 5.88. The van der Waals surface area contributed by atoms with Crippen LogP contribution in [0.4, 0.5) is 0 Å². The Bertz CT molecular complexity index is 618. The van der Waals surface area contributed by atoms with Gasteiger partial charge in [-0.2, -0.15) is 0 Å². The molecule has 0 unspecified atom stereocenters. The van der Waals surface area contributed by atoms with Gasteiger partial charge in [-0.05, 0) is 74.1 Å². The smallest absolute Gasteiger partial charge is 0.119 e. The van der Waals surface area contributed by atoms with E-state index in [1.165, 1.54) is 42.6 Å². The van der Waals surface area contributed by atoms with E-state index in [-0.39, 0.29) is 0 Å². The van der Waals surface area contributed by atoms with Gasteiger partial charge in [-0.1, -0.05) is 36.4 Å². The average Bonchev–Trinajstić information content (AvgIpc) is 3.12. The van der Waals surface area contributed by atoms with Crippen LogP contribution in [-0.4, -0.2) is 37.7 Å². The third kappa shape index (κ3) is 4.83. The highest BCUT2D eigenvalue weighted by Gasteiger charge is 2.10. The summed E-state index contributed by atoms with van der Waals surface area (Å²) in [7, 11) is 0. The minimum absolute atomic E-state index is 0.695. The van der Waals surface area contributed by atoms with Crippen LogP contribution < -0.4 is 10.5 Å². The summed E-state index contributed by atoms with van der Waals surface area (Å²) >= 11 is 0. The van der Waals surface area contributed by atoms with Crippen LogP contribution in [0.1, 0.15) is 29.5 Å². The molecule has 1 heterocycles. The molecule has 1 aliphatic rings. The van der Waals surface area contributed by atoms with Crippen molar-refractivity contribution in [1.82, 2.24) is 4.90 Å². The fraction of sp³-hybridized carbons (Fsp3) is 0.429. The van der Waals surface area contributed by atoms with Gasteiger partial charge in [0, 0.05) is 6.54 Å². The molecule has 0 saturated carbocycles. The van der Waals surface area contributed by atoms with Crippen LogP contribution in [-0.2, 0) is 12.8 Å². The van der Waals surface area contributed by atoms with E-state index in [2.05, 4.69) is 53.4 Å². The van der Waals surface area contributed by atoms with Crippen LogP contribution in [0.2, 0.25) is 0 Å². The van der Waals surface area contributed by atoms with Crippen molar-refractivity contribution in [3.8, 4) is 5.75 Å². The Balaban J connectivity index is 1.52. The largest absolute Gasteiger partial charge is 0.492 e. The Morgan fingerprint density at radius 2 is 1.62 bits per heavy atom. The Kier molecular flexibility index (Phi) is 6.27. The average molecular weight is 324 g/mol. The first kappa shape index (κ1) is 17.0. The molecule has 2 aromatic carbocycles. The van der Waals surface area contributed by atoms with Gasteiger partial charge in [-0.15, -0.1) is 0 Å². The zero-order valence-electron chi connectivity index (χ0n) is 14.4. The molecule has 3 nitrogen and oxygen atoms in total. The summed E-state index contributed by atoms with van der Waals surface area (Å²) in [6.07, 6.45) is 4.55. The molecule has 1 aliphatic heterocycles. The lowest BCUT2D eigenvalue weighted by molar-refractivity contribution is 0.238. The quantitative estimate of drug-likeness (QED) is 0.810. The van der Waals surface area contributed by atoms with Gasteiger partial charge in [-0.25, -0.2) is 0 Å². The predicted molar refractivity (Wildman–Crippen MR) is 99.6 cm³/mol. The lowest BCUT2D eigenvalue weighted by Gasteiger charge is -2.15. The number of rotatable bonds is 8. The van der Waals surface area contributed by atoms with Gasteiger partial charge < -0.3 is 10.5 Å². The molecule has 0 aromatic heterocycles. The number of nitrogens with two attached hydrogens (primary N) is 1. The Morgan fingerprint density at radius 3 is 2.33 bits per heavy atom. The summed E-state index contributed by atoms with van der Waals surface area (Å²) < 4.78 is 5.88. The molecular weight excluding hydrogens is 296 g/mol. The van der Waals surface area contributed by atoms with E-state index in [1.807, 2.05) is 0 Å². The van der Waals surface area contributed by atoms with Crippen molar-refractivity contribution in [2.75, 3.05) is 32.8 Å². The van der Waals surface area contributed by atoms with Gasteiger partial charge in [-0.3, -0.25) is 4.90 Å². The molecule has 0 amide bonds. The second kappa shape index (κ2) is 8.86. The summed E-state index contributed by atoms with van der Waals surface area (Å²) in [6, 6.07) is 17.1. The minimum Gasteiger partial charge on any atom is -0.492 e. The molecule has 0 bridgehead atoms. The van der Waals surface area contributed by atoms with Gasteiger partial charge in [0.2, 0.25) is 0 Å². The fourth-order valence-electron chi connectivity index (χ4n) is 3.35. The zero-order chi connectivity index (χ0) is 16.6. The topological polar surface area (TPSA) is 38.5 Å². The molecule has 2 N–H and O–H groups in total. The fourth-order valence-corrected chi connectivity index (χ4v) is 3.35. The monoisotopic (exact) mass is 324 g/mol. The van der Waals surface area contributed by atoms with Crippen molar-refractivity contribution < 1.29 is 4.74 Å². The van der Waals surface area contributed by atoms with E-state index >= 15 is 0 Å². The molecule has 1 saturated heterocycles. The van der Waals surface area contributed by atoms with E-state index in [9.17, 15) is 0 Å². The molecule has 3 heteroatoms. The van der Waals surface area contributed by atoms with E-state index in [0.717, 1.165) is 31.7 Å². The van der Waals surface area contributed by atoms with Crippen molar-refractivity contribution in [1.29, 1.82) is 0 Å². The molecule has 0 atom stereocenters. The van der Waals surface area contributed by atoms with Crippen molar-refractivity contribution in [2.24, 2.45) is 5.73 Å². The summed E-state index contributed by atoms with van der Waals surface area (Å²) in [5.41, 5.74) is 9.74. The molecular formula is C21H28N2O. The van der Waals surface area contributed by atoms with Crippen LogP contribution in [0.15, 0.2) is 48.5 Å². The van der Waals surface area contributed by atoms with Crippen molar-refractivity contribution in [2.45, 2.75) is 25.7 Å². The number of likely N-dealkylation sites (tertiary alicyclic amines) is 1. The first-order chi connectivity index (χ1) is 11.8. The molecule has 1 fully saturated rings. The maximum Gasteiger partial charge on any atom is 0.119 e. The SMILES string of the molecule is NCCc1ccccc1Cc1ccc(OCCN2CCCC2)cc1. The highest BCUT2D eigenvalue weighted by Crippen LogP contribution is 2.18. The third-order valence-corrected chi connectivity index (χ3v) is 4.72. The Morgan fingerprint density at radius 1 is 0.917 bits per heavy atom. The van der Waals surface area contributed by atoms with Gasteiger partial charge in [0.25, 0.3) is 0 Å². The standard InChI is InChI=1S/C21H28N2O/c22-12-11-19-5-1-2-6-20(19)17-18-7-9-21(10-8-18)24-16-15-23-13-3-4-14-23/h1-2,5-10H,3-4,11-17,22H2. The second-order valence-corrected chi connectivity index (χ2v) is 6.53. The molecule has 0 aliphatic carbocycles. The van der Waals surface area contributed by atoms with E-state index in [4.69, 9.17) is 10.5 Å². The van der Waals surface area contributed by atoms with Crippen molar-refractivity contribution in [3.05, 3.63) is 65.2 Å². The predicted octanol–water partition coefficient (Wildman–Crippen LogP) is 3.25. The van der Waals surface area contributed by atoms with E-state index < -0.39 is 0 Å². The first-order valence-electron chi connectivity index (χ1n) is 9.06.